The molecule has 0 saturated carbocycles. The third kappa shape index (κ3) is 5.13. The monoisotopic (exact) mass is 358 g/mol. The zero-order chi connectivity index (χ0) is 19.1. The number of alkyl halides is 2. The largest absolute Gasteiger partial charge is 0.483 e. The third-order valence-corrected chi connectivity index (χ3v) is 3.87. The zero-order valence-corrected chi connectivity index (χ0v) is 14.1. The summed E-state index contributed by atoms with van der Waals surface area (Å²) in [5, 5.41) is 6.89. The molecule has 0 spiro atoms. The lowest BCUT2D eigenvalue weighted by Gasteiger charge is -2.41. The standard InChI is InChI=1S/C15H18F2N2O3.CH2O2/c1-9-14(21)19(10(2)13(20)18(9)3)8-11-5-4-6-12(7-11)22-15(16)17;2-1-3/h4-7,9-10,15H,8H2,1-3H3;1H,(H,2,3)/t9-,10-;/m0./s1. The first-order chi connectivity index (χ1) is 11.7. The van der Waals surface area contributed by atoms with E-state index in [0.717, 1.165) is 0 Å². The molecule has 1 aliphatic rings. The first kappa shape index (κ1) is 20.3. The Morgan fingerprint density at radius 3 is 2.40 bits per heavy atom. The summed E-state index contributed by atoms with van der Waals surface area (Å²) in [6.45, 7) is 0.336. The molecule has 25 heavy (non-hydrogen) atoms. The number of carbonyl (C=O) groups is 3. The lowest BCUT2D eigenvalue weighted by Crippen LogP contribution is -2.61. The predicted molar refractivity (Wildman–Crippen MR) is 84.0 cm³/mol. The Morgan fingerprint density at radius 1 is 1.24 bits per heavy atom. The Morgan fingerprint density at radius 2 is 1.84 bits per heavy atom. The van der Waals surface area contributed by atoms with Gasteiger partial charge in [0.25, 0.3) is 6.47 Å². The number of piperazine rings is 1. The molecule has 1 N–H and O–H groups in total. The van der Waals surface area contributed by atoms with Crippen molar-refractivity contribution < 1.29 is 33.0 Å². The summed E-state index contributed by atoms with van der Waals surface area (Å²) in [5.74, 6) is -0.289. The van der Waals surface area contributed by atoms with Gasteiger partial charge in [-0.25, -0.2) is 0 Å². The maximum Gasteiger partial charge on any atom is 0.387 e. The van der Waals surface area contributed by atoms with Gasteiger partial charge in [0.2, 0.25) is 11.8 Å². The Kier molecular flexibility index (Phi) is 7.28. The number of benzene rings is 1. The third-order valence-electron chi connectivity index (χ3n) is 3.87. The van der Waals surface area contributed by atoms with E-state index in [1.54, 1.807) is 33.0 Å². The van der Waals surface area contributed by atoms with Crippen LogP contribution in [0.25, 0.3) is 0 Å². The summed E-state index contributed by atoms with van der Waals surface area (Å²) in [5.41, 5.74) is 0.628. The van der Waals surface area contributed by atoms with Gasteiger partial charge in [0.05, 0.1) is 0 Å². The van der Waals surface area contributed by atoms with Crippen LogP contribution in [0.3, 0.4) is 0 Å². The van der Waals surface area contributed by atoms with E-state index in [4.69, 9.17) is 9.90 Å². The summed E-state index contributed by atoms with van der Waals surface area (Å²) < 4.78 is 28.8. The van der Waals surface area contributed by atoms with Gasteiger partial charge in [0, 0.05) is 13.6 Å². The summed E-state index contributed by atoms with van der Waals surface area (Å²) in [6.07, 6.45) is 0. The lowest BCUT2D eigenvalue weighted by atomic mass is 10.1. The molecular formula is C16H20F2N2O5. The number of halogens is 2. The molecule has 0 aromatic heterocycles. The number of hydrogen-bond acceptors (Lipinski definition) is 4. The summed E-state index contributed by atoms with van der Waals surface area (Å²) in [4.78, 5) is 35.7. The van der Waals surface area contributed by atoms with Crippen LogP contribution in [0.2, 0.25) is 0 Å². The molecule has 2 amide bonds. The smallest absolute Gasteiger partial charge is 0.387 e. The molecule has 1 heterocycles. The fraction of sp³-hybridized carbons (Fsp3) is 0.438. The number of ether oxygens (including phenoxy) is 1. The van der Waals surface area contributed by atoms with Crippen LogP contribution in [0.4, 0.5) is 8.78 Å². The molecule has 7 nitrogen and oxygen atoms in total. The van der Waals surface area contributed by atoms with E-state index in [-0.39, 0.29) is 30.6 Å². The second-order valence-corrected chi connectivity index (χ2v) is 5.40. The minimum atomic E-state index is -2.90. The Labute approximate surface area is 143 Å². The van der Waals surface area contributed by atoms with Crippen molar-refractivity contribution in [3.8, 4) is 5.75 Å². The van der Waals surface area contributed by atoms with Gasteiger partial charge in [0.1, 0.15) is 17.8 Å². The maximum absolute atomic E-state index is 12.3. The first-order valence-electron chi connectivity index (χ1n) is 7.41. The number of carbonyl (C=O) groups excluding carboxylic acids is 2. The van der Waals surface area contributed by atoms with Gasteiger partial charge in [-0.15, -0.1) is 0 Å². The van der Waals surface area contributed by atoms with Crippen molar-refractivity contribution in [2.45, 2.75) is 39.1 Å². The van der Waals surface area contributed by atoms with Gasteiger partial charge in [-0.3, -0.25) is 14.4 Å². The molecule has 0 bridgehead atoms. The fourth-order valence-electron chi connectivity index (χ4n) is 2.45. The molecule has 0 unspecified atom stereocenters. The summed E-state index contributed by atoms with van der Waals surface area (Å²) >= 11 is 0. The molecule has 1 aromatic rings. The van der Waals surface area contributed by atoms with Crippen LogP contribution in [0, 0.1) is 0 Å². The van der Waals surface area contributed by atoms with E-state index >= 15 is 0 Å². The van der Waals surface area contributed by atoms with E-state index in [1.807, 2.05) is 0 Å². The lowest BCUT2D eigenvalue weighted by molar-refractivity contribution is -0.159. The predicted octanol–water partition coefficient (Wildman–Crippen LogP) is 1.57. The topological polar surface area (TPSA) is 87.2 Å². The summed E-state index contributed by atoms with van der Waals surface area (Å²) in [6, 6.07) is 5.01. The molecule has 9 heteroatoms. The maximum atomic E-state index is 12.3. The number of hydrogen-bond donors (Lipinski definition) is 1. The normalized spacial score (nSPS) is 20.2. The Balaban J connectivity index is 0.000000970. The van der Waals surface area contributed by atoms with Crippen LogP contribution >= 0.6 is 0 Å². The van der Waals surface area contributed by atoms with Crippen LogP contribution in [0.15, 0.2) is 24.3 Å². The SMILES string of the molecule is C[C@H]1C(=O)N(Cc2cccc(OC(F)F)c2)[C@@H](C)C(=O)N1C.O=CO. The van der Waals surface area contributed by atoms with Gasteiger partial charge in [-0.05, 0) is 31.5 Å². The highest BCUT2D eigenvalue weighted by atomic mass is 19.3. The van der Waals surface area contributed by atoms with Crippen molar-refractivity contribution in [2.24, 2.45) is 0 Å². The molecule has 0 aliphatic carbocycles. The minimum absolute atomic E-state index is 0.0288. The van der Waals surface area contributed by atoms with Gasteiger partial charge < -0.3 is 19.6 Å². The number of nitrogens with zero attached hydrogens (tertiary/aromatic N) is 2. The molecule has 138 valence electrons. The van der Waals surface area contributed by atoms with Crippen molar-refractivity contribution in [3.05, 3.63) is 29.8 Å². The highest BCUT2D eigenvalue weighted by Crippen LogP contribution is 2.22. The van der Waals surface area contributed by atoms with Crippen LogP contribution < -0.4 is 4.74 Å². The van der Waals surface area contributed by atoms with Crippen molar-refractivity contribution in [1.29, 1.82) is 0 Å². The zero-order valence-electron chi connectivity index (χ0n) is 14.1. The van der Waals surface area contributed by atoms with Gasteiger partial charge >= 0.3 is 6.61 Å². The molecule has 1 saturated heterocycles. The van der Waals surface area contributed by atoms with E-state index in [9.17, 15) is 18.4 Å². The highest BCUT2D eigenvalue weighted by molar-refractivity contribution is 5.96. The number of amides is 2. The minimum Gasteiger partial charge on any atom is -0.483 e. The van der Waals surface area contributed by atoms with Gasteiger partial charge in [-0.1, -0.05) is 12.1 Å². The van der Waals surface area contributed by atoms with Crippen LogP contribution in [-0.4, -0.2) is 58.9 Å². The molecule has 1 fully saturated rings. The van der Waals surface area contributed by atoms with Crippen molar-refractivity contribution >= 4 is 18.3 Å². The molecular weight excluding hydrogens is 338 g/mol. The van der Waals surface area contributed by atoms with Crippen LogP contribution in [-0.2, 0) is 20.9 Å². The number of rotatable bonds is 4. The molecule has 1 aromatic carbocycles. The van der Waals surface area contributed by atoms with Crippen molar-refractivity contribution in [3.63, 3.8) is 0 Å². The number of likely N-dealkylation sites (N-methyl/N-ethyl adjacent to an activating group) is 1. The molecule has 2 atom stereocenters. The summed E-state index contributed by atoms with van der Waals surface area (Å²) in [7, 11) is 1.59. The Bertz CT molecular complexity index is 626. The molecule has 1 aliphatic heterocycles. The highest BCUT2D eigenvalue weighted by Gasteiger charge is 2.39. The molecule has 2 rings (SSSR count). The fourth-order valence-corrected chi connectivity index (χ4v) is 2.45. The second kappa shape index (κ2) is 8.95. The van der Waals surface area contributed by atoms with E-state index < -0.39 is 18.7 Å². The van der Waals surface area contributed by atoms with Crippen molar-refractivity contribution in [2.75, 3.05) is 7.05 Å². The van der Waals surface area contributed by atoms with Crippen LogP contribution in [0.1, 0.15) is 19.4 Å². The average Bonchev–Trinajstić information content (AvgIpc) is 2.56. The van der Waals surface area contributed by atoms with Crippen LogP contribution in [0.5, 0.6) is 5.75 Å². The Hall–Kier alpha value is -2.71. The number of carboxylic acid groups (broad SMARTS) is 1. The van der Waals surface area contributed by atoms with Crippen molar-refractivity contribution in [1.82, 2.24) is 9.80 Å². The molecule has 0 radical (unpaired) electrons. The van der Waals surface area contributed by atoms with Gasteiger partial charge in [0.15, 0.2) is 0 Å². The van der Waals surface area contributed by atoms with E-state index in [1.165, 1.54) is 21.9 Å². The van der Waals surface area contributed by atoms with Gasteiger partial charge in [-0.2, -0.15) is 8.78 Å². The quantitative estimate of drug-likeness (QED) is 0.826. The second-order valence-electron chi connectivity index (χ2n) is 5.40. The van der Waals surface area contributed by atoms with E-state index in [0.29, 0.717) is 5.56 Å². The first-order valence-corrected chi connectivity index (χ1v) is 7.41. The average molecular weight is 358 g/mol. The van der Waals surface area contributed by atoms with E-state index in [2.05, 4.69) is 4.74 Å².